The highest BCUT2D eigenvalue weighted by Crippen LogP contribution is 2.19. The lowest BCUT2D eigenvalue weighted by atomic mass is 10.1. The van der Waals surface area contributed by atoms with Crippen molar-refractivity contribution in [2.24, 2.45) is 4.99 Å². The molecule has 0 aliphatic carbocycles. The highest BCUT2D eigenvalue weighted by molar-refractivity contribution is 14.0. The lowest BCUT2D eigenvalue weighted by Crippen LogP contribution is -2.39. The van der Waals surface area contributed by atoms with Crippen LogP contribution in [0, 0.1) is 6.92 Å². The molecule has 0 atom stereocenters. The van der Waals surface area contributed by atoms with Crippen LogP contribution in [0.15, 0.2) is 70.3 Å². The summed E-state index contributed by atoms with van der Waals surface area (Å²) in [5.41, 5.74) is 4.13. The smallest absolute Gasteiger partial charge is 0.226 e. The van der Waals surface area contributed by atoms with Crippen molar-refractivity contribution in [1.82, 2.24) is 15.6 Å². The Morgan fingerprint density at radius 1 is 1.07 bits per heavy atom. The molecule has 1 heterocycles. The van der Waals surface area contributed by atoms with E-state index in [0.29, 0.717) is 32.2 Å². The van der Waals surface area contributed by atoms with Crippen molar-refractivity contribution in [3.8, 4) is 11.5 Å². The zero-order valence-corrected chi connectivity index (χ0v) is 19.8. The largest absolute Gasteiger partial charge is 0.444 e. The summed E-state index contributed by atoms with van der Waals surface area (Å²) in [5, 5.41) is 6.51. The Hall–Kier alpha value is -2.39. The second-order valence-corrected chi connectivity index (χ2v) is 6.67. The van der Waals surface area contributed by atoms with Crippen LogP contribution in [0.2, 0.25) is 0 Å². The molecule has 7 heteroatoms. The predicted molar refractivity (Wildman–Crippen MR) is 131 cm³/mol. The molecule has 30 heavy (non-hydrogen) atoms. The minimum absolute atomic E-state index is 0. The van der Waals surface area contributed by atoms with E-state index < -0.39 is 0 Å². The van der Waals surface area contributed by atoms with E-state index in [1.807, 2.05) is 49.4 Å². The summed E-state index contributed by atoms with van der Waals surface area (Å²) in [7, 11) is 0. The van der Waals surface area contributed by atoms with Gasteiger partial charge in [-0.1, -0.05) is 48.0 Å². The van der Waals surface area contributed by atoms with Gasteiger partial charge in [-0.25, -0.2) is 9.98 Å². The molecule has 0 radical (unpaired) electrons. The molecule has 2 N–H and O–H groups in total. The number of rotatable bonds is 9. The fraction of sp³-hybridized carbons (Fsp3) is 0.304. The molecule has 0 unspecified atom stereocenters. The average molecular weight is 520 g/mol. The summed E-state index contributed by atoms with van der Waals surface area (Å²) in [6.45, 7) is 7.19. The van der Waals surface area contributed by atoms with Gasteiger partial charge in [0.2, 0.25) is 5.89 Å². The van der Waals surface area contributed by atoms with E-state index >= 15 is 0 Å². The van der Waals surface area contributed by atoms with Crippen molar-refractivity contribution in [3.63, 3.8) is 0 Å². The number of hydrogen-bond acceptors (Lipinski definition) is 4. The van der Waals surface area contributed by atoms with Gasteiger partial charge in [-0.2, -0.15) is 0 Å². The number of aromatic nitrogens is 1. The van der Waals surface area contributed by atoms with Crippen molar-refractivity contribution in [2.45, 2.75) is 27.0 Å². The van der Waals surface area contributed by atoms with E-state index in [-0.39, 0.29) is 24.0 Å². The molecule has 1 aromatic heterocycles. The molecular formula is C23H29IN4O2. The van der Waals surface area contributed by atoms with Crippen molar-refractivity contribution in [2.75, 3.05) is 19.7 Å². The molecule has 0 aliphatic heterocycles. The van der Waals surface area contributed by atoms with Gasteiger partial charge in [-0.3, -0.25) is 0 Å². The van der Waals surface area contributed by atoms with Crippen molar-refractivity contribution >= 4 is 29.9 Å². The van der Waals surface area contributed by atoms with E-state index in [9.17, 15) is 0 Å². The molecular weight excluding hydrogens is 491 g/mol. The minimum atomic E-state index is 0. The van der Waals surface area contributed by atoms with E-state index in [1.54, 1.807) is 6.26 Å². The third-order valence-corrected chi connectivity index (χ3v) is 4.24. The minimum Gasteiger partial charge on any atom is -0.444 e. The van der Waals surface area contributed by atoms with E-state index in [0.717, 1.165) is 23.8 Å². The van der Waals surface area contributed by atoms with Crippen LogP contribution in [0.5, 0.6) is 0 Å². The Morgan fingerprint density at radius 3 is 2.57 bits per heavy atom. The first-order valence-corrected chi connectivity index (χ1v) is 9.90. The van der Waals surface area contributed by atoms with Crippen molar-refractivity contribution < 1.29 is 9.15 Å². The van der Waals surface area contributed by atoms with Gasteiger partial charge in [-0.05, 0) is 31.5 Å². The number of nitrogens with zero attached hydrogens (tertiary/aromatic N) is 2. The maximum atomic E-state index is 5.70. The quantitative estimate of drug-likeness (QED) is 0.188. The Balaban J connectivity index is 0.00000320. The molecule has 0 spiro atoms. The van der Waals surface area contributed by atoms with Gasteiger partial charge in [0, 0.05) is 18.7 Å². The first kappa shape index (κ1) is 23.9. The number of ether oxygens (including phenoxy) is 1. The highest BCUT2D eigenvalue weighted by Gasteiger charge is 2.06. The molecule has 2 aromatic carbocycles. The Labute approximate surface area is 195 Å². The summed E-state index contributed by atoms with van der Waals surface area (Å²) in [6, 6.07) is 18.3. The van der Waals surface area contributed by atoms with Crippen LogP contribution in [-0.2, 0) is 17.9 Å². The predicted octanol–water partition coefficient (Wildman–Crippen LogP) is 4.54. The summed E-state index contributed by atoms with van der Waals surface area (Å²) < 4.78 is 11.3. The highest BCUT2D eigenvalue weighted by atomic mass is 127. The third kappa shape index (κ3) is 7.79. The average Bonchev–Trinajstić information content (AvgIpc) is 3.22. The maximum Gasteiger partial charge on any atom is 0.226 e. The van der Waals surface area contributed by atoms with Crippen LogP contribution >= 0.6 is 24.0 Å². The first-order valence-electron chi connectivity index (χ1n) is 9.90. The van der Waals surface area contributed by atoms with Crippen molar-refractivity contribution in [3.05, 3.63) is 77.7 Å². The lowest BCUT2D eigenvalue weighted by Gasteiger charge is -2.11. The number of nitrogens with one attached hydrogen (secondary N) is 2. The zero-order chi connectivity index (χ0) is 20.3. The molecule has 0 amide bonds. The van der Waals surface area contributed by atoms with E-state index in [1.165, 1.54) is 11.1 Å². The van der Waals surface area contributed by atoms with Crippen LogP contribution in [0.3, 0.4) is 0 Å². The number of aryl methyl sites for hydroxylation is 1. The fourth-order valence-electron chi connectivity index (χ4n) is 2.72. The summed E-state index contributed by atoms with van der Waals surface area (Å²) >= 11 is 0. The van der Waals surface area contributed by atoms with E-state index in [4.69, 9.17) is 9.15 Å². The van der Waals surface area contributed by atoms with Crippen LogP contribution in [-0.4, -0.2) is 30.6 Å². The zero-order valence-electron chi connectivity index (χ0n) is 17.4. The van der Waals surface area contributed by atoms with E-state index in [2.05, 4.69) is 39.7 Å². The number of oxazole rings is 1. The number of benzene rings is 2. The Morgan fingerprint density at radius 2 is 1.83 bits per heavy atom. The van der Waals surface area contributed by atoms with Gasteiger partial charge in [0.25, 0.3) is 0 Å². The third-order valence-electron chi connectivity index (χ3n) is 4.24. The number of guanidine groups is 1. The molecule has 0 fully saturated rings. The van der Waals surface area contributed by atoms with Crippen LogP contribution < -0.4 is 10.6 Å². The summed E-state index contributed by atoms with van der Waals surface area (Å²) in [5.74, 6) is 1.35. The Bertz CT molecular complexity index is 895. The molecule has 0 bridgehead atoms. The second kappa shape index (κ2) is 13.0. The molecule has 6 nitrogen and oxygen atoms in total. The lowest BCUT2D eigenvalue weighted by molar-refractivity contribution is 0.125. The molecule has 0 saturated carbocycles. The molecule has 3 aromatic rings. The number of aliphatic imine (C=N–C) groups is 1. The summed E-state index contributed by atoms with van der Waals surface area (Å²) in [6.07, 6.45) is 1.66. The standard InChI is InChI=1S/C23H28N4O2.HI/c1-3-24-23(25-13-14-28-16-19-7-5-4-6-8-19)26-15-21-17-29-22(27-21)20-11-9-18(2)10-12-20;/h4-12,17H,3,13-16H2,1-2H3,(H2,24,25,26);1H. The van der Waals surface area contributed by atoms with Crippen LogP contribution in [0.4, 0.5) is 0 Å². The first-order chi connectivity index (χ1) is 14.2. The van der Waals surface area contributed by atoms with Gasteiger partial charge >= 0.3 is 0 Å². The summed E-state index contributed by atoms with van der Waals surface area (Å²) in [4.78, 5) is 9.11. The number of halogens is 1. The monoisotopic (exact) mass is 520 g/mol. The van der Waals surface area contributed by atoms with Gasteiger partial charge in [0.1, 0.15) is 12.0 Å². The van der Waals surface area contributed by atoms with Crippen LogP contribution in [0.1, 0.15) is 23.7 Å². The topological polar surface area (TPSA) is 71.7 Å². The Kier molecular flexibility index (Phi) is 10.4. The molecule has 0 saturated heterocycles. The molecule has 3 rings (SSSR count). The molecule has 160 valence electrons. The molecule has 0 aliphatic rings. The number of hydrogen-bond donors (Lipinski definition) is 2. The SMILES string of the molecule is CCNC(=NCc1coc(-c2ccc(C)cc2)n1)NCCOCc1ccccc1.I. The normalized spacial score (nSPS) is 11.1. The fourth-order valence-corrected chi connectivity index (χ4v) is 2.72. The van der Waals surface area contributed by atoms with Crippen LogP contribution in [0.25, 0.3) is 11.5 Å². The second-order valence-electron chi connectivity index (χ2n) is 6.67. The van der Waals surface area contributed by atoms with Gasteiger partial charge in [0.05, 0.1) is 19.8 Å². The van der Waals surface area contributed by atoms with Gasteiger partial charge < -0.3 is 19.8 Å². The van der Waals surface area contributed by atoms with Crippen molar-refractivity contribution in [1.29, 1.82) is 0 Å². The maximum absolute atomic E-state index is 5.70. The van der Waals surface area contributed by atoms with Gasteiger partial charge in [0.15, 0.2) is 5.96 Å². The van der Waals surface area contributed by atoms with Gasteiger partial charge in [-0.15, -0.1) is 24.0 Å².